The van der Waals surface area contributed by atoms with E-state index in [4.69, 9.17) is 14.2 Å². The van der Waals surface area contributed by atoms with E-state index in [-0.39, 0.29) is 25.2 Å². The van der Waals surface area contributed by atoms with Crippen LogP contribution >= 0.6 is 0 Å². The van der Waals surface area contributed by atoms with E-state index >= 15 is 0 Å². The van der Waals surface area contributed by atoms with E-state index in [9.17, 15) is 14.0 Å². The van der Waals surface area contributed by atoms with Gasteiger partial charge < -0.3 is 29.7 Å². The fraction of sp³-hybridized carbons (Fsp3) is 0.440. The second kappa shape index (κ2) is 11.9. The Bertz CT molecular complexity index is 1030. The second-order valence-corrected chi connectivity index (χ2v) is 8.42. The van der Waals surface area contributed by atoms with E-state index in [1.165, 1.54) is 6.07 Å². The number of hydrogen-bond donors (Lipinski definition) is 2. The number of anilines is 1. The Balaban J connectivity index is 1.42. The van der Waals surface area contributed by atoms with Crippen LogP contribution in [0.3, 0.4) is 0 Å². The number of amides is 2. The fourth-order valence-electron chi connectivity index (χ4n) is 4.33. The molecule has 0 saturated carbocycles. The second-order valence-electron chi connectivity index (χ2n) is 8.42. The van der Waals surface area contributed by atoms with Gasteiger partial charge in [0, 0.05) is 53.0 Å². The van der Waals surface area contributed by atoms with Crippen molar-refractivity contribution in [2.24, 2.45) is 0 Å². The molecule has 188 valence electrons. The number of ether oxygens (including phenoxy) is 3. The Morgan fingerprint density at radius 1 is 1.03 bits per heavy atom. The molecular weight excluding hydrogens is 455 g/mol. The maximum atomic E-state index is 14.3. The highest BCUT2D eigenvalue weighted by Gasteiger charge is 2.28. The zero-order valence-corrected chi connectivity index (χ0v) is 19.8. The highest BCUT2D eigenvalue weighted by Crippen LogP contribution is 2.36. The van der Waals surface area contributed by atoms with Crippen LogP contribution in [0.4, 0.5) is 10.1 Å². The SMILES string of the molecule is COCCCNC(=O)C(=O)NCC(c1ccc2c(c1)OCO2)N1CCN(c2ccccc2F)CC1. The standard InChI is InChI=1S/C25H31FN4O5/c1-33-14-4-9-27-24(31)25(32)28-16-21(18-7-8-22-23(15-18)35-17-34-22)30-12-10-29(11-13-30)20-6-3-2-5-19(20)26/h2-3,5-8,15,21H,4,9-14,16-17H2,1H3,(H,27,31)(H,28,32). The summed E-state index contributed by atoms with van der Waals surface area (Å²) in [5.41, 5.74) is 1.53. The number of carbonyl (C=O) groups is 2. The Morgan fingerprint density at radius 2 is 1.77 bits per heavy atom. The molecular formula is C25H31FN4O5. The molecule has 2 aromatic rings. The number of halogens is 1. The summed E-state index contributed by atoms with van der Waals surface area (Å²) in [4.78, 5) is 28.8. The molecule has 35 heavy (non-hydrogen) atoms. The van der Waals surface area contributed by atoms with Gasteiger partial charge in [-0.1, -0.05) is 18.2 Å². The van der Waals surface area contributed by atoms with Crippen molar-refractivity contribution in [3.8, 4) is 11.5 Å². The van der Waals surface area contributed by atoms with Gasteiger partial charge in [0.1, 0.15) is 5.82 Å². The van der Waals surface area contributed by atoms with Crippen LogP contribution in [-0.4, -0.2) is 76.5 Å². The minimum absolute atomic E-state index is 0.171. The molecule has 2 aliphatic rings. The number of piperazine rings is 1. The molecule has 2 heterocycles. The van der Waals surface area contributed by atoms with Gasteiger partial charge in [-0.05, 0) is 36.2 Å². The predicted octanol–water partition coefficient (Wildman–Crippen LogP) is 1.69. The minimum atomic E-state index is -0.682. The molecule has 2 amide bonds. The molecule has 9 nitrogen and oxygen atoms in total. The molecule has 2 N–H and O–H groups in total. The van der Waals surface area contributed by atoms with Crippen LogP contribution in [0.5, 0.6) is 11.5 Å². The van der Waals surface area contributed by atoms with Crippen LogP contribution in [0.1, 0.15) is 18.0 Å². The first-order chi connectivity index (χ1) is 17.1. The topological polar surface area (TPSA) is 92.4 Å². The third kappa shape index (κ3) is 6.20. The van der Waals surface area contributed by atoms with Crippen LogP contribution in [0, 0.1) is 5.82 Å². The normalized spacial score (nSPS) is 16.1. The van der Waals surface area contributed by atoms with Crippen molar-refractivity contribution >= 4 is 17.5 Å². The number of nitrogens with zero attached hydrogens (tertiary/aromatic N) is 2. The number of carbonyl (C=O) groups excluding carboxylic acids is 2. The lowest BCUT2D eigenvalue weighted by molar-refractivity contribution is -0.139. The first kappa shape index (κ1) is 24.7. The number of rotatable bonds is 9. The average Bonchev–Trinajstić information content (AvgIpc) is 3.35. The average molecular weight is 487 g/mol. The van der Waals surface area contributed by atoms with Crippen molar-refractivity contribution in [3.63, 3.8) is 0 Å². The number of hydrogen-bond acceptors (Lipinski definition) is 7. The molecule has 0 aromatic heterocycles. The van der Waals surface area contributed by atoms with Crippen molar-refractivity contribution < 1.29 is 28.2 Å². The van der Waals surface area contributed by atoms with Crippen LogP contribution in [0.15, 0.2) is 42.5 Å². The quantitative estimate of drug-likeness (QED) is 0.412. The van der Waals surface area contributed by atoms with Crippen LogP contribution in [0.25, 0.3) is 0 Å². The number of fused-ring (bicyclic) bond motifs is 1. The highest BCUT2D eigenvalue weighted by atomic mass is 19.1. The monoisotopic (exact) mass is 486 g/mol. The third-order valence-electron chi connectivity index (χ3n) is 6.20. The summed E-state index contributed by atoms with van der Waals surface area (Å²) in [7, 11) is 1.58. The Hall–Kier alpha value is -3.37. The first-order valence-electron chi connectivity index (χ1n) is 11.7. The number of nitrogens with one attached hydrogen (secondary N) is 2. The zero-order chi connectivity index (χ0) is 24.6. The highest BCUT2D eigenvalue weighted by molar-refractivity contribution is 6.35. The van der Waals surface area contributed by atoms with Gasteiger partial charge in [-0.15, -0.1) is 0 Å². The number of para-hydroxylation sites is 1. The molecule has 0 spiro atoms. The van der Waals surface area contributed by atoms with Gasteiger partial charge in [0.2, 0.25) is 6.79 Å². The van der Waals surface area contributed by atoms with Crippen molar-refractivity contribution in [2.45, 2.75) is 12.5 Å². The third-order valence-corrected chi connectivity index (χ3v) is 6.20. The predicted molar refractivity (Wildman–Crippen MR) is 128 cm³/mol. The molecule has 10 heteroatoms. The first-order valence-corrected chi connectivity index (χ1v) is 11.7. The molecule has 1 fully saturated rings. The van der Waals surface area contributed by atoms with E-state index in [1.807, 2.05) is 29.2 Å². The van der Waals surface area contributed by atoms with Crippen molar-refractivity contribution in [1.29, 1.82) is 0 Å². The molecule has 4 rings (SSSR count). The molecule has 0 aliphatic carbocycles. The molecule has 1 saturated heterocycles. The summed E-state index contributed by atoms with van der Waals surface area (Å²) in [5.74, 6) is -0.263. The Labute approximate surface area is 204 Å². The van der Waals surface area contributed by atoms with Gasteiger partial charge in [0.05, 0.1) is 11.7 Å². The lowest BCUT2D eigenvalue weighted by Crippen LogP contribution is -2.51. The van der Waals surface area contributed by atoms with Crippen molar-refractivity contribution in [2.75, 3.05) is 64.7 Å². The maximum absolute atomic E-state index is 14.3. The van der Waals surface area contributed by atoms with Crippen molar-refractivity contribution in [3.05, 3.63) is 53.8 Å². The summed E-state index contributed by atoms with van der Waals surface area (Å²) in [6.45, 7) is 3.87. The van der Waals surface area contributed by atoms with E-state index in [0.29, 0.717) is 62.9 Å². The molecule has 0 bridgehead atoms. The van der Waals surface area contributed by atoms with E-state index in [0.717, 1.165) is 5.56 Å². The Morgan fingerprint density at radius 3 is 2.54 bits per heavy atom. The van der Waals surface area contributed by atoms with Gasteiger partial charge >= 0.3 is 11.8 Å². The van der Waals surface area contributed by atoms with Gasteiger partial charge in [0.25, 0.3) is 0 Å². The summed E-state index contributed by atoms with van der Waals surface area (Å²) in [6, 6.07) is 12.3. The molecule has 0 radical (unpaired) electrons. The maximum Gasteiger partial charge on any atom is 0.309 e. The lowest BCUT2D eigenvalue weighted by atomic mass is 10.0. The van der Waals surface area contributed by atoms with E-state index < -0.39 is 11.8 Å². The lowest BCUT2D eigenvalue weighted by Gasteiger charge is -2.40. The number of benzene rings is 2. The van der Waals surface area contributed by atoms with E-state index in [1.54, 1.807) is 19.2 Å². The van der Waals surface area contributed by atoms with Crippen molar-refractivity contribution in [1.82, 2.24) is 15.5 Å². The molecule has 1 unspecified atom stereocenters. The molecule has 2 aromatic carbocycles. The van der Waals surface area contributed by atoms with Gasteiger partial charge in [-0.2, -0.15) is 0 Å². The zero-order valence-electron chi connectivity index (χ0n) is 19.8. The van der Waals surface area contributed by atoms with Crippen LogP contribution < -0.4 is 25.0 Å². The van der Waals surface area contributed by atoms with E-state index in [2.05, 4.69) is 15.5 Å². The number of methoxy groups -OCH3 is 1. The molecule has 2 aliphatic heterocycles. The smallest absolute Gasteiger partial charge is 0.309 e. The van der Waals surface area contributed by atoms with Crippen LogP contribution in [-0.2, 0) is 14.3 Å². The summed E-state index contributed by atoms with van der Waals surface area (Å²) >= 11 is 0. The van der Waals surface area contributed by atoms with Gasteiger partial charge in [-0.3, -0.25) is 14.5 Å². The van der Waals surface area contributed by atoms with Gasteiger partial charge in [-0.25, -0.2) is 4.39 Å². The largest absolute Gasteiger partial charge is 0.454 e. The minimum Gasteiger partial charge on any atom is -0.454 e. The van der Waals surface area contributed by atoms with Gasteiger partial charge in [0.15, 0.2) is 11.5 Å². The van der Waals surface area contributed by atoms with Crippen LogP contribution in [0.2, 0.25) is 0 Å². The summed E-state index contributed by atoms with van der Waals surface area (Å²) < 4.78 is 30.2. The Kier molecular flexibility index (Phi) is 8.38. The fourth-order valence-corrected chi connectivity index (χ4v) is 4.33. The summed E-state index contributed by atoms with van der Waals surface area (Å²) in [5, 5.41) is 5.37. The summed E-state index contributed by atoms with van der Waals surface area (Å²) in [6.07, 6.45) is 0.627. The molecule has 1 atom stereocenters.